The Hall–Kier alpha value is -1.03. The predicted molar refractivity (Wildman–Crippen MR) is 86.0 cm³/mol. The van der Waals surface area contributed by atoms with Crippen LogP contribution in [0.4, 0.5) is 0 Å². The molecule has 1 spiro atoms. The normalized spacial score (nSPS) is 33.3. The van der Waals surface area contributed by atoms with E-state index in [0.29, 0.717) is 5.54 Å². The Kier molecular flexibility index (Phi) is 4.01. The second-order valence-electron chi connectivity index (χ2n) is 6.29. The molecule has 108 valence electrons. The van der Waals surface area contributed by atoms with Crippen LogP contribution in [0.3, 0.4) is 0 Å². The van der Waals surface area contributed by atoms with E-state index in [2.05, 4.69) is 30.2 Å². The van der Waals surface area contributed by atoms with Crippen molar-refractivity contribution >= 4 is 16.9 Å². The third-order valence-electron chi connectivity index (χ3n) is 4.43. The fourth-order valence-electron chi connectivity index (χ4n) is 3.35. The van der Waals surface area contributed by atoms with Crippen LogP contribution in [0.25, 0.3) is 0 Å². The Labute approximate surface area is 125 Å². The Bertz CT molecular complexity index is 488. The number of thioether (sulfide) groups is 1. The van der Waals surface area contributed by atoms with Crippen molar-refractivity contribution in [2.45, 2.75) is 51.1 Å². The minimum Gasteiger partial charge on any atom is -0.359 e. The average Bonchev–Trinajstić information content (AvgIpc) is 2.82. The quantitative estimate of drug-likeness (QED) is 0.900. The maximum absolute atomic E-state index is 4.85. The highest BCUT2D eigenvalue weighted by atomic mass is 32.2. The van der Waals surface area contributed by atoms with Gasteiger partial charge in [-0.15, -0.1) is 0 Å². The lowest BCUT2D eigenvalue weighted by Gasteiger charge is -2.36. The van der Waals surface area contributed by atoms with E-state index in [-0.39, 0.29) is 6.04 Å². The van der Waals surface area contributed by atoms with E-state index < -0.39 is 0 Å². The summed E-state index contributed by atoms with van der Waals surface area (Å²) in [5.41, 5.74) is 1.50. The maximum Gasteiger partial charge on any atom is 0.157 e. The lowest BCUT2D eigenvalue weighted by atomic mass is 9.78. The van der Waals surface area contributed by atoms with E-state index in [1.165, 1.54) is 37.0 Å². The first kappa shape index (κ1) is 13.9. The molecule has 1 aliphatic heterocycles. The summed E-state index contributed by atoms with van der Waals surface area (Å²) < 4.78 is 0. The van der Waals surface area contributed by atoms with Gasteiger partial charge in [0.25, 0.3) is 0 Å². The van der Waals surface area contributed by atoms with Crippen LogP contribution in [0.15, 0.2) is 29.5 Å². The highest BCUT2D eigenvalue weighted by molar-refractivity contribution is 8.14. The van der Waals surface area contributed by atoms with Crippen molar-refractivity contribution in [3.63, 3.8) is 0 Å². The Morgan fingerprint density at radius 1 is 1.55 bits per heavy atom. The Balaban J connectivity index is 1.69. The lowest BCUT2D eigenvalue weighted by Crippen LogP contribution is -2.47. The number of hydrogen-bond acceptors (Lipinski definition) is 3. The number of hydrogen-bond donors (Lipinski definition) is 1. The number of nitrogens with zero attached hydrogens (tertiary/aromatic N) is 2. The van der Waals surface area contributed by atoms with Crippen molar-refractivity contribution in [3.05, 3.63) is 30.1 Å². The summed E-state index contributed by atoms with van der Waals surface area (Å²) in [5, 5.41) is 4.85. The Morgan fingerprint density at radius 3 is 3.20 bits per heavy atom. The SMILES string of the molecule is CC1CCCC2(CSC(=NC(C)c3cccnc3)N2)C1. The third-order valence-corrected chi connectivity index (χ3v) is 5.60. The van der Waals surface area contributed by atoms with Crippen LogP contribution < -0.4 is 5.32 Å². The van der Waals surface area contributed by atoms with Gasteiger partial charge in [0.15, 0.2) is 5.17 Å². The van der Waals surface area contributed by atoms with E-state index in [1.807, 2.05) is 30.2 Å². The predicted octanol–water partition coefficient (Wildman–Crippen LogP) is 3.78. The van der Waals surface area contributed by atoms with Gasteiger partial charge >= 0.3 is 0 Å². The zero-order valence-corrected chi connectivity index (χ0v) is 13.1. The lowest BCUT2D eigenvalue weighted by molar-refractivity contribution is 0.242. The fourth-order valence-corrected chi connectivity index (χ4v) is 4.62. The van der Waals surface area contributed by atoms with Gasteiger partial charge in [-0.1, -0.05) is 37.6 Å². The van der Waals surface area contributed by atoms with Gasteiger partial charge < -0.3 is 5.32 Å². The van der Waals surface area contributed by atoms with Gasteiger partial charge in [-0.2, -0.15) is 0 Å². The second-order valence-corrected chi connectivity index (χ2v) is 7.26. The minimum atomic E-state index is 0.176. The molecule has 2 heterocycles. The topological polar surface area (TPSA) is 37.3 Å². The van der Waals surface area contributed by atoms with Crippen molar-refractivity contribution in [1.82, 2.24) is 10.3 Å². The van der Waals surface area contributed by atoms with Crippen LogP contribution in [-0.4, -0.2) is 21.4 Å². The van der Waals surface area contributed by atoms with Gasteiger partial charge in [-0.05, 0) is 37.3 Å². The first-order valence-electron chi connectivity index (χ1n) is 7.56. The summed E-state index contributed by atoms with van der Waals surface area (Å²) in [6.45, 7) is 4.52. The molecule has 0 radical (unpaired) electrons. The van der Waals surface area contributed by atoms with Crippen molar-refractivity contribution < 1.29 is 0 Å². The number of aliphatic imine (C=N–C) groups is 1. The third kappa shape index (κ3) is 3.00. The monoisotopic (exact) mass is 289 g/mol. The molecular weight excluding hydrogens is 266 g/mol. The summed E-state index contributed by atoms with van der Waals surface area (Å²) in [4.78, 5) is 9.03. The molecule has 1 saturated carbocycles. The maximum atomic E-state index is 4.85. The number of rotatable bonds is 2. The van der Waals surface area contributed by atoms with Gasteiger partial charge in [0.2, 0.25) is 0 Å². The summed E-state index contributed by atoms with van der Waals surface area (Å²) >= 11 is 1.89. The van der Waals surface area contributed by atoms with Crippen LogP contribution in [0, 0.1) is 5.92 Å². The van der Waals surface area contributed by atoms with Crippen molar-refractivity contribution in [1.29, 1.82) is 0 Å². The van der Waals surface area contributed by atoms with Crippen LogP contribution in [0.1, 0.15) is 51.1 Å². The summed E-state index contributed by atoms with van der Waals surface area (Å²) in [7, 11) is 0. The Morgan fingerprint density at radius 2 is 2.45 bits per heavy atom. The van der Waals surface area contributed by atoms with E-state index in [1.54, 1.807) is 0 Å². The standard InChI is InChI=1S/C16H23N3S/c1-12-5-3-7-16(9-12)11-20-15(19-16)18-13(2)14-6-4-8-17-10-14/h4,6,8,10,12-13H,3,5,7,9,11H2,1-2H3,(H,18,19). The number of pyridine rings is 1. The van der Waals surface area contributed by atoms with Crippen LogP contribution in [0.5, 0.6) is 0 Å². The molecule has 1 aliphatic carbocycles. The molecule has 3 nitrogen and oxygen atoms in total. The zero-order chi connectivity index (χ0) is 14.0. The molecule has 1 N–H and O–H groups in total. The van der Waals surface area contributed by atoms with Crippen molar-refractivity contribution in [2.24, 2.45) is 10.9 Å². The zero-order valence-electron chi connectivity index (χ0n) is 12.3. The van der Waals surface area contributed by atoms with Crippen LogP contribution >= 0.6 is 11.8 Å². The van der Waals surface area contributed by atoms with E-state index in [0.717, 1.165) is 11.1 Å². The molecule has 3 rings (SSSR count). The number of aromatic nitrogens is 1. The van der Waals surface area contributed by atoms with Gasteiger partial charge in [0.05, 0.1) is 6.04 Å². The molecule has 2 aliphatic rings. The van der Waals surface area contributed by atoms with Crippen LogP contribution in [-0.2, 0) is 0 Å². The van der Waals surface area contributed by atoms with Crippen LogP contribution in [0.2, 0.25) is 0 Å². The van der Waals surface area contributed by atoms with Gasteiger partial charge in [-0.3, -0.25) is 9.98 Å². The van der Waals surface area contributed by atoms with Gasteiger partial charge in [-0.25, -0.2) is 0 Å². The molecule has 1 saturated heterocycles. The molecule has 0 amide bonds. The fraction of sp³-hybridized carbons (Fsp3) is 0.625. The molecule has 0 bridgehead atoms. The molecule has 4 heteroatoms. The average molecular weight is 289 g/mol. The minimum absolute atomic E-state index is 0.176. The van der Waals surface area contributed by atoms with Gasteiger partial charge in [0, 0.05) is 23.7 Å². The molecular formula is C16H23N3S. The molecule has 2 fully saturated rings. The molecule has 1 aromatic heterocycles. The molecule has 20 heavy (non-hydrogen) atoms. The smallest absolute Gasteiger partial charge is 0.157 e. The summed E-state index contributed by atoms with van der Waals surface area (Å²) in [6.07, 6.45) is 9.04. The molecule has 3 unspecified atom stereocenters. The largest absolute Gasteiger partial charge is 0.359 e. The summed E-state index contributed by atoms with van der Waals surface area (Å²) in [5.74, 6) is 2.02. The molecule has 3 atom stereocenters. The highest BCUT2D eigenvalue weighted by Gasteiger charge is 2.40. The van der Waals surface area contributed by atoms with E-state index in [9.17, 15) is 0 Å². The second kappa shape index (κ2) is 5.76. The summed E-state index contributed by atoms with van der Waals surface area (Å²) in [6, 6.07) is 4.25. The van der Waals surface area contributed by atoms with Crippen molar-refractivity contribution in [2.75, 3.05) is 5.75 Å². The van der Waals surface area contributed by atoms with Crippen molar-refractivity contribution in [3.8, 4) is 0 Å². The van der Waals surface area contributed by atoms with E-state index >= 15 is 0 Å². The molecule has 1 aromatic rings. The van der Waals surface area contributed by atoms with E-state index in [4.69, 9.17) is 4.99 Å². The highest BCUT2D eigenvalue weighted by Crippen LogP contribution is 2.39. The first-order chi connectivity index (χ1) is 9.67. The molecule has 0 aromatic carbocycles. The van der Waals surface area contributed by atoms with Gasteiger partial charge in [0.1, 0.15) is 0 Å². The number of amidine groups is 1. The first-order valence-corrected chi connectivity index (χ1v) is 8.54. The number of nitrogens with one attached hydrogen (secondary N) is 1.